The van der Waals surface area contributed by atoms with Gasteiger partial charge in [-0.15, -0.1) is 0 Å². The molecule has 0 aliphatic heterocycles. The van der Waals surface area contributed by atoms with Crippen LogP contribution in [-0.2, 0) is 0 Å². The summed E-state index contributed by atoms with van der Waals surface area (Å²) in [5, 5.41) is 0. The average Bonchev–Trinajstić information content (AvgIpc) is 2.48. The molecule has 0 saturated heterocycles. The molecule has 104 valence electrons. The maximum Gasteiger partial charge on any atom is 0.176 e. The molecule has 0 N–H and O–H groups in total. The molecule has 0 atom stereocenters. The number of carbonyl (C=O) groups is 1. The smallest absolute Gasteiger partial charge is 0.176 e. The standard InChI is InChI=1S/C16H23NO2/c1-17(14-6-4-3-5-7-14)12-16(18)13-8-10-15(19-2)11-9-13/h8-11,14H,3-7,12H2,1-2H3. The molecule has 3 heteroatoms. The van der Waals surface area contributed by atoms with Gasteiger partial charge in [-0.3, -0.25) is 9.69 Å². The second-order valence-corrected chi connectivity index (χ2v) is 5.36. The molecule has 19 heavy (non-hydrogen) atoms. The minimum Gasteiger partial charge on any atom is -0.497 e. The van der Waals surface area contributed by atoms with Crippen molar-refractivity contribution in [3.63, 3.8) is 0 Å². The molecule has 0 spiro atoms. The van der Waals surface area contributed by atoms with Gasteiger partial charge in [-0.1, -0.05) is 19.3 Å². The first kappa shape index (κ1) is 14.1. The van der Waals surface area contributed by atoms with Crippen molar-refractivity contribution >= 4 is 5.78 Å². The number of rotatable bonds is 5. The summed E-state index contributed by atoms with van der Waals surface area (Å²) in [5.41, 5.74) is 0.767. The van der Waals surface area contributed by atoms with Crippen molar-refractivity contribution < 1.29 is 9.53 Å². The quantitative estimate of drug-likeness (QED) is 0.763. The maximum absolute atomic E-state index is 12.2. The molecule has 1 aliphatic rings. The molecule has 1 saturated carbocycles. The highest BCUT2D eigenvalue weighted by Gasteiger charge is 2.20. The lowest BCUT2D eigenvalue weighted by atomic mass is 9.94. The summed E-state index contributed by atoms with van der Waals surface area (Å²) in [7, 11) is 3.70. The van der Waals surface area contributed by atoms with Gasteiger partial charge in [-0.2, -0.15) is 0 Å². The van der Waals surface area contributed by atoms with E-state index in [-0.39, 0.29) is 5.78 Å². The van der Waals surface area contributed by atoms with Crippen LogP contribution >= 0.6 is 0 Å². The number of benzene rings is 1. The third kappa shape index (κ3) is 3.80. The van der Waals surface area contributed by atoms with Crippen molar-refractivity contribution in [3.05, 3.63) is 29.8 Å². The van der Waals surface area contributed by atoms with Gasteiger partial charge in [0.25, 0.3) is 0 Å². The summed E-state index contributed by atoms with van der Waals surface area (Å²) in [4.78, 5) is 14.4. The van der Waals surface area contributed by atoms with E-state index in [4.69, 9.17) is 4.74 Å². The third-order valence-corrected chi connectivity index (χ3v) is 4.00. The van der Waals surface area contributed by atoms with Crippen LogP contribution in [0, 0.1) is 0 Å². The number of carbonyl (C=O) groups excluding carboxylic acids is 1. The SMILES string of the molecule is COc1ccc(C(=O)CN(C)C2CCCCC2)cc1. The van der Waals surface area contributed by atoms with Crippen molar-refractivity contribution in [3.8, 4) is 5.75 Å². The van der Waals surface area contributed by atoms with E-state index in [1.807, 2.05) is 24.3 Å². The molecule has 0 unspecified atom stereocenters. The number of hydrogen-bond donors (Lipinski definition) is 0. The second-order valence-electron chi connectivity index (χ2n) is 5.36. The number of Topliss-reactive ketones (excluding diaryl/α,β-unsaturated/α-hetero) is 1. The summed E-state index contributed by atoms with van der Waals surface area (Å²) in [6.07, 6.45) is 6.40. The van der Waals surface area contributed by atoms with E-state index in [9.17, 15) is 4.79 Å². The van der Waals surface area contributed by atoms with Crippen molar-refractivity contribution in [2.75, 3.05) is 20.7 Å². The van der Waals surface area contributed by atoms with Crippen LogP contribution in [0.5, 0.6) is 5.75 Å². The number of ether oxygens (including phenoxy) is 1. The summed E-state index contributed by atoms with van der Waals surface area (Å²) < 4.78 is 5.10. The first-order valence-electron chi connectivity index (χ1n) is 7.08. The highest BCUT2D eigenvalue weighted by atomic mass is 16.5. The zero-order valence-electron chi connectivity index (χ0n) is 11.9. The van der Waals surface area contributed by atoms with Gasteiger partial charge in [0.15, 0.2) is 5.78 Å². The van der Waals surface area contributed by atoms with Crippen LogP contribution in [0.3, 0.4) is 0 Å². The Morgan fingerprint density at radius 1 is 1.21 bits per heavy atom. The fourth-order valence-corrected chi connectivity index (χ4v) is 2.75. The lowest BCUT2D eigenvalue weighted by Crippen LogP contribution is -2.37. The largest absolute Gasteiger partial charge is 0.497 e. The Bertz CT molecular complexity index is 407. The molecule has 0 radical (unpaired) electrons. The maximum atomic E-state index is 12.2. The minimum absolute atomic E-state index is 0.190. The lowest BCUT2D eigenvalue weighted by Gasteiger charge is -2.30. The van der Waals surface area contributed by atoms with Gasteiger partial charge >= 0.3 is 0 Å². The topological polar surface area (TPSA) is 29.5 Å². The van der Waals surface area contributed by atoms with E-state index >= 15 is 0 Å². The number of methoxy groups -OCH3 is 1. The molecule has 1 aromatic rings. The van der Waals surface area contributed by atoms with E-state index in [2.05, 4.69) is 11.9 Å². The molecule has 0 amide bonds. The zero-order chi connectivity index (χ0) is 13.7. The number of hydrogen-bond acceptors (Lipinski definition) is 3. The van der Waals surface area contributed by atoms with Gasteiger partial charge in [0.05, 0.1) is 13.7 Å². The molecule has 3 nitrogen and oxygen atoms in total. The van der Waals surface area contributed by atoms with Crippen LogP contribution in [0.15, 0.2) is 24.3 Å². The number of likely N-dealkylation sites (N-methyl/N-ethyl adjacent to an activating group) is 1. The zero-order valence-corrected chi connectivity index (χ0v) is 11.9. The van der Waals surface area contributed by atoms with E-state index < -0.39 is 0 Å². The monoisotopic (exact) mass is 261 g/mol. The van der Waals surface area contributed by atoms with Gasteiger partial charge in [0.2, 0.25) is 0 Å². The average molecular weight is 261 g/mol. The van der Waals surface area contributed by atoms with E-state index in [0.717, 1.165) is 11.3 Å². The van der Waals surface area contributed by atoms with Gasteiger partial charge in [0, 0.05) is 11.6 Å². The third-order valence-electron chi connectivity index (χ3n) is 4.00. The van der Waals surface area contributed by atoms with Crippen LogP contribution in [0.2, 0.25) is 0 Å². The van der Waals surface area contributed by atoms with Crippen molar-refractivity contribution in [1.82, 2.24) is 4.90 Å². The van der Waals surface area contributed by atoms with E-state index in [1.54, 1.807) is 7.11 Å². The molecular weight excluding hydrogens is 238 g/mol. The molecule has 1 fully saturated rings. The van der Waals surface area contributed by atoms with Crippen molar-refractivity contribution in [1.29, 1.82) is 0 Å². The summed E-state index contributed by atoms with van der Waals surface area (Å²) in [6, 6.07) is 7.95. The fourth-order valence-electron chi connectivity index (χ4n) is 2.75. The Balaban J connectivity index is 1.91. The first-order valence-corrected chi connectivity index (χ1v) is 7.08. The number of ketones is 1. The molecule has 0 bridgehead atoms. The Hall–Kier alpha value is -1.35. The van der Waals surface area contributed by atoms with Crippen LogP contribution < -0.4 is 4.74 Å². The normalized spacial score (nSPS) is 16.6. The van der Waals surface area contributed by atoms with Crippen LogP contribution in [0.1, 0.15) is 42.5 Å². The second kappa shape index (κ2) is 6.71. The first-order chi connectivity index (χ1) is 9.20. The molecule has 0 heterocycles. The Morgan fingerprint density at radius 2 is 1.84 bits per heavy atom. The fraction of sp³-hybridized carbons (Fsp3) is 0.562. The molecule has 1 aliphatic carbocycles. The van der Waals surface area contributed by atoms with Gasteiger partial charge in [-0.25, -0.2) is 0 Å². The Morgan fingerprint density at radius 3 is 2.42 bits per heavy atom. The van der Waals surface area contributed by atoms with E-state index in [0.29, 0.717) is 12.6 Å². The highest BCUT2D eigenvalue weighted by molar-refractivity contribution is 5.97. The van der Waals surface area contributed by atoms with Gasteiger partial charge in [-0.05, 0) is 44.2 Å². The molecular formula is C16H23NO2. The lowest BCUT2D eigenvalue weighted by molar-refractivity contribution is 0.0899. The summed E-state index contributed by atoms with van der Waals surface area (Å²) >= 11 is 0. The van der Waals surface area contributed by atoms with Crippen molar-refractivity contribution in [2.45, 2.75) is 38.1 Å². The van der Waals surface area contributed by atoms with E-state index in [1.165, 1.54) is 32.1 Å². The minimum atomic E-state index is 0.190. The number of nitrogens with zero attached hydrogens (tertiary/aromatic N) is 1. The van der Waals surface area contributed by atoms with Crippen LogP contribution in [0.25, 0.3) is 0 Å². The van der Waals surface area contributed by atoms with Crippen LogP contribution in [0.4, 0.5) is 0 Å². The predicted molar refractivity (Wildman–Crippen MR) is 76.8 cm³/mol. The van der Waals surface area contributed by atoms with Gasteiger partial charge in [0.1, 0.15) is 5.75 Å². The van der Waals surface area contributed by atoms with Crippen molar-refractivity contribution in [2.24, 2.45) is 0 Å². The molecule has 2 rings (SSSR count). The summed E-state index contributed by atoms with van der Waals surface area (Å²) in [5.74, 6) is 0.980. The van der Waals surface area contributed by atoms with Gasteiger partial charge < -0.3 is 4.74 Å². The Kier molecular flexibility index (Phi) is 4.97. The molecule has 0 aromatic heterocycles. The van der Waals surface area contributed by atoms with Crippen LogP contribution in [-0.4, -0.2) is 37.4 Å². The summed E-state index contributed by atoms with van der Waals surface area (Å²) in [6.45, 7) is 0.511. The highest BCUT2D eigenvalue weighted by Crippen LogP contribution is 2.22. The molecule has 1 aromatic carbocycles. The predicted octanol–water partition coefficient (Wildman–Crippen LogP) is 3.14. The Labute approximate surface area is 115 Å².